The summed E-state index contributed by atoms with van der Waals surface area (Å²) in [5, 5.41) is 11.4. The minimum absolute atomic E-state index is 0.115. The lowest BCUT2D eigenvalue weighted by Gasteiger charge is -2.06. The fourth-order valence-corrected chi connectivity index (χ4v) is 1.66. The van der Waals surface area contributed by atoms with Crippen molar-refractivity contribution in [2.45, 2.75) is 0 Å². The predicted molar refractivity (Wildman–Crippen MR) is 73.2 cm³/mol. The summed E-state index contributed by atoms with van der Waals surface area (Å²) in [6.45, 7) is 0. The summed E-state index contributed by atoms with van der Waals surface area (Å²) >= 11 is 0. The number of hydrogen-bond acceptors (Lipinski definition) is 3. The molecule has 5 heteroatoms. The number of aromatic carboxylic acids is 1. The SMILES string of the molecule is O=Cc1cccc(NC(=O)c2ccc(C(=O)O)cc2)c1. The molecule has 0 aliphatic heterocycles. The second-order valence-corrected chi connectivity index (χ2v) is 4.08. The molecule has 2 N–H and O–H groups in total. The number of anilines is 1. The summed E-state index contributed by atoms with van der Waals surface area (Å²) in [5.41, 5.74) is 1.42. The molecule has 0 aliphatic carbocycles. The van der Waals surface area contributed by atoms with Gasteiger partial charge in [-0.15, -0.1) is 0 Å². The monoisotopic (exact) mass is 269 g/mol. The largest absolute Gasteiger partial charge is 0.478 e. The number of carboxylic acid groups (broad SMARTS) is 1. The summed E-state index contributed by atoms with van der Waals surface area (Å²) in [4.78, 5) is 33.3. The zero-order valence-corrected chi connectivity index (χ0v) is 10.4. The van der Waals surface area contributed by atoms with Gasteiger partial charge in [0, 0.05) is 16.8 Å². The van der Waals surface area contributed by atoms with Gasteiger partial charge in [0.1, 0.15) is 6.29 Å². The molecule has 0 aromatic heterocycles. The quantitative estimate of drug-likeness (QED) is 0.835. The second kappa shape index (κ2) is 5.79. The fraction of sp³-hybridized carbons (Fsp3) is 0. The summed E-state index contributed by atoms with van der Waals surface area (Å²) in [7, 11) is 0. The van der Waals surface area contributed by atoms with Crippen LogP contribution in [0.3, 0.4) is 0 Å². The van der Waals surface area contributed by atoms with E-state index in [1.165, 1.54) is 24.3 Å². The molecule has 0 bridgehead atoms. The lowest BCUT2D eigenvalue weighted by molar-refractivity contribution is 0.0696. The van der Waals surface area contributed by atoms with Crippen LogP contribution in [0.1, 0.15) is 31.1 Å². The van der Waals surface area contributed by atoms with Crippen molar-refractivity contribution in [3.63, 3.8) is 0 Å². The first-order valence-corrected chi connectivity index (χ1v) is 5.80. The third-order valence-corrected chi connectivity index (χ3v) is 2.67. The molecule has 0 aliphatic rings. The topological polar surface area (TPSA) is 83.5 Å². The van der Waals surface area contributed by atoms with Gasteiger partial charge in [-0.3, -0.25) is 9.59 Å². The van der Waals surface area contributed by atoms with Gasteiger partial charge in [-0.2, -0.15) is 0 Å². The van der Waals surface area contributed by atoms with Crippen LogP contribution in [-0.4, -0.2) is 23.3 Å². The number of carbonyl (C=O) groups excluding carboxylic acids is 2. The summed E-state index contributed by atoms with van der Waals surface area (Å²) in [6, 6.07) is 12.1. The van der Waals surface area contributed by atoms with Crippen LogP contribution in [0.2, 0.25) is 0 Å². The molecule has 100 valence electrons. The highest BCUT2D eigenvalue weighted by Crippen LogP contribution is 2.12. The highest BCUT2D eigenvalue weighted by atomic mass is 16.4. The third kappa shape index (κ3) is 3.08. The Morgan fingerprint density at radius 1 is 1.00 bits per heavy atom. The van der Waals surface area contributed by atoms with Crippen molar-refractivity contribution in [3.05, 3.63) is 65.2 Å². The number of benzene rings is 2. The maximum Gasteiger partial charge on any atom is 0.335 e. The Morgan fingerprint density at radius 2 is 1.65 bits per heavy atom. The number of hydrogen-bond donors (Lipinski definition) is 2. The van der Waals surface area contributed by atoms with Gasteiger partial charge in [0.15, 0.2) is 0 Å². The molecule has 2 rings (SSSR count). The molecular formula is C15H11NO4. The van der Waals surface area contributed by atoms with Gasteiger partial charge in [-0.05, 0) is 36.4 Å². The molecule has 0 radical (unpaired) electrons. The van der Waals surface area contributed by atoms with E-state index >= 15 is 0 Å². The normalized spacial score (nSPS) is 9.80. The molecule has 0 fully saturated rings. The van der Waals surface area contributed by atoms with Gasteiger partial charge in [-0.1, -0.05) is 12.1 Å². The average molecular weight is 269 g/mol. The zero-order chi connectivity index (χ0) is 14.5. The lowest BCUT2D eigenvalue weighted by Crippen LogP contribution is -2.12. The molecule has 0 unspecified atom stereocenters. The van der Waals surface area contributed by atoms with Gasteiger partial charge in [0.05, 0.1) is 5.56 Å². The van der Waals surface area contributed by atoms with E-state index in [1.807, 2.05) is 0 Å². The third-order valence-electron chi connectivity index (χ3n) is 2.67. The van der Waals surface area contributed by atoms with Gasteiger partial charge >= 0.3 is 5.97 Å². The highest BCUT2D eigenvalue weighted by Gasteiger charge is 2.08. The van der Waals surface area contributed by atoms with E-state index in [4.69, 9.17) is 5.11 Å². The van der Waals surface area contributed by atoms with Crippen LogP contribution in [-0.2, 0) is 0 Å². The van der Waals surface area contributed by atoms with E-state index in [0.717, 1.165) is 0 Å². The number of amides is 1. The van der Waals surface area contributed by atoms with Crippen molar-refractivity contribution in [1.82, 2.24) is 0 Å². The van der Waals surface area contributed by atoms with Crippen molar-refractivity contribution in [1.29, 1.82) is 0 Å². The van der Waals surface area contributed by atoms with E-state index in [1.54, 1.807) is 24.3 Å². The molecular weight excluding hydrogens is 258 g/mol. The molecule has 0 saturated carbocycles. The standard InChI is InChI=1S/C15H11NO4/c17-9-10-2-1-3-13(8-10)16-14(18)11-4-6-12(7-5-11)15(19)20/h1-9H,(H,16,18)(H,19,20). The molecule has 20 heavy (non-hydrogen) atoms. The Kier molecular flexibility index (Phi) is 3.91. The van der Waals surface area contributed by atoms with Crippen LogP contribution in [0, 0.1) is 0 Å². The summed E-state index contributed by atoms with van der Waals surface area (Å²) in [5.74, 6) is -1.42. The second-order valence-electron chi connectivity index (χ2n) is 4.08. The first-order chi connectivity index (χ1) is 9.60. The number of nitrogens with one attached hydrogen (secondary N) is 1. The Hall–Kier alpha value is -2.95. The van der Waals surface area contributed by atoms with Crippen molar-refractivity contribution in [2.75, 3.05) is 5.32 Å². The smallest absolute Gasteiger partial charge is 0.335 e. The zero-order valence-electron chi connectivity index (χ0n) is 10.4. The van der Waals surface area contributed by atoms with Crippen LogP contribution < -0.4 is 5.32 Å². The van der Waals surface area contributed by atoms with E-state index in [2.05, 4.69) is 5.32 Å². The maximum atomic E-state index is 11.9. The number of carbonyl (C=O) groups is 3. The molecule has 5 nitrogen and oxygen atoms in total. The van der Waals surface area contributed by atoms with Crippen molar-refractivity contribution in [3.8, 4) is 0 Å². The minimum Gasteiger partial charge on any atom is -0.478 e. The lowest BCUT2D eigenvalue weighted by atomic mass is 10.1. The van der Waals surface area contributed by atoms with Crippen molar-refractivity contribution >= 4 is 23.9 Å². The first-order valence-electron chi connectivity index (χ1n) is 5.80. The molecule has 1 amide bonds. The van der Waals surface area contributed by atoms with Gasteiger partial charge in [-0.25, -0.2) is 4.79 Å². The van der Waals surface area contributed by atoms with Crippen LogP contribution in [0.15, 0.2) is 48.5 Å². The Bertz CT molecular complexity index is 662. The number of rotatable bonds is 4. The maximum absolute atomic E-state index is 11.9. The van der Waals surface area contributed by atoms with Gasteiger partial charge in [0.2, 0.25) is 0 Å². The highest BCUT2D eigenvalue weighted by molar-refractivity contribution is 6.05. The molecule has 2 aromatic carbocycles. The van der Waals surface area contributed by atoms with Crippen LogP contribution in [0.4, 0.5) is 5.69 Å². The molecule has 0 spiro atoms. The van der Waals surface area contributed by atoms with Crippen molar-refractivity contribution < 1.29 is 19.5 Å². The predicted octanol–water partition coefficient (Wildman–Crippen LogP) is 2.45. The molecule has 2 aromatic rings. The van der Waals surface area contributed by atoms with Crippen molar-refractivity contribution in [2.24, 2.45) is 0 Å². The van der Waals surface area contributed by atoms with Gasteiger partial charge in [0.25, 0.3) is 5.91 Å². The summed E-state index contributed by atoms with van der Waals surface area (Å²) in [6.07, 6.45) is 0.692. The Balaban J connectivity index is 2.15. The van der Waals surface area contributed by atoms with Crippen LogP contribution >= 0.6 is 0 Å². The van der Waals surface area contributed by atoms with Crippen LogP contribution in [0.5, 0.6) is 0 Å². The van der Waals surface area contributed by atoms with E-state index in [9.17, 15) is 14.4 Å². The first kappa shape index (κ1) is 13.5. The molecule has 0 heterocycles. The van der Waals surface area contributed by atoms with E-state index < -0.39 is 5.97 Å². The minimum atomic E-state index is -1.05. The van der Waals surface area contributed by atoms with Crippen LogP contribution in [0.25, 0.3) is 0 Å². The number of aldehydes is 1. The fourth-order valence-electron chi connectivity index (χ4n) is 1.66. The molecule has 0 saturated heterocycles. The summed E-state index contributed by atoms with van der Waals surface area (Å²) < 4.78 is 0. The van der Waals surface area contributed by atoms with Gasteiger partial charge < -0.3 is 10.4 Å². The Labute approximate surface area is 114 Å². The van der Waals surface area contributed by atoms with E-state index in [0.29, 0.717) is 23.1 Å². The Morgan fingerprint density at radius 3 is 2.25 bits per heavy atom. The molecule has 0 atom stereocenters. The average Bonchev–Trinajstić information content (AvgIpc) is 2.47. The number of carboxylic acids is 1. The van der Waals surface area contributed by atoms with E-state index in [-0.39, 0.29) is 11.5 Å².